The fourth-order valence-corrected chi connectivity index (χ4v) is 4.03. The fourth-order valence-electron chi connectivity index (χ4n) is 2.00. The average molecular weight is 294 g/mol. The fraction of sp³-hybridized carbons (Fsp3) is 0.500. The van der Waals surface area contributed by atoms with Gasteiger partial charge < -0.3 is 10.6 Å². The van der Waals surface area contributed by atoms with E-state index in [1.54, 1.807) is 0 Å². The average Bonchev–Trinajstić information content (AvgIpc) is 2.77. The largest absolute Gasteiger partial charge is 0.336 e. The van der Waals surface area contributed by atoms with Crippen molar-refractivity contribution in [3.63, 3.8) is 0 Å². The molecule has 0 bridgehead atoms. The molecule has 1 aliphatic rings. The Bertz CT molecular complexity index is 527. The third kappa shape index (κ3) is 3.53. The normalized spacial score (nSPS) is 18.9. The van der Waals surface area contributed by atoms with Gasteiger partial charge in [-0.3, -0.25) is 4.79 Å². The van der Waals surface area contributed by atoms with Crippen LogP contribution in [0.1, 0.15) is 27.0 Å². The summed E-state index contributed by atoms with van der Waals surface area (Å²) in [4.78, 5) is 16.1. The van der Waals surface area contributed by atoms with Gasteiger partial charge in [-0.1, -0.05) is 18.8 Å². The van der Waals surface area contributed by atoms with Crippen LogP contribution in [0.4, 0.5) is 0 Å². The summed E-state index contributed by atoms with van der Waals surface area (Å²) in [5, 5.41) is 0.523. The number of amides is 1. The predicted molar refractivity (Wildman–Crippen MR) is 82.8 cm³/mol. The zero-order chi connectivity index (χ0) is 13.8. The number of hydrogen-bond acceptors (Lipinski definition) is 4. The molecule has 1 atom stereocenters. The van der Waals surface area contributed by atoms with E-state index in [0.29, 0.717) is 11.8 Å². The number of rotatable bonds is 1. The summed E-state index contributed by atoms with van der Waals surface area (Å²) < 4.78 is 0. The lowest BCUT2D eigenvalue weighted by Crippen LogP contribution is -2.40. The molecule has 1 amide bonds. The van der Waals surface area contributed by atoms with Crippen molar-refractivity contribution in [1.82, 2.24) is 4.90 Å². The van der Waals surface area contributed by atoms with E-state index in [0.717, 1.165) is 34.2 Å². The van der Waals surface area contributed by atoms with Crippen LogP contribution in [0.2, 0.25) is 0 Å². The number of carbonyl (C=O) groups excluding carboxylic acids is 1. The number of nitrogens with two attached hydrogens (primary N) is 1. The Morgan fingerprint density at radius 2 is 2.42 bits per heavy atom. The molecule has 0 saturated carbocycles. The van der Waals surface area contributed by atoms with E-state index in [2.05, 4.69) is 18.8 Å². The molecule has 0 radical (unpaired) electrons. The molecule has 2 rings (SSSR count). The number of thioether (sulfide) groups is 1. The molecule has 19 heavy (non-hydrogen) atoms. The summed E-state index contributed by atoms with van der Waals surface area (Å²) in [6.45, 7) is 6.19. The Hall–Kier alpha value is -0.960. The van der Waals surface area contributed by atoms with Gasteiger partial charge in [0, 0.05) is 24.1 Å². The van der Waals surface area contributed by atoms with Gasteiger partial charge in [0.05, 0.1) is 16.3 Å². The maximum atomic E-state index is 12.4. The highest BCUT2D eigenvalue weighted by atomic mass is 32.2. The predicted octanol–water partition coefficient (Wildman–Crippen LogP) is 1.94. The minimum absolute atomic E-state index is 0.140. The van der Waals surface area contributed by atoms with Crippen molar-refractivity contribution in [1.29, 1.82) is 0 Å². The first-order valence-corrected chi connectivity index (χ1v) is 8.18. The van der Waals surface area contributed by atoms with Crippen molar-refractivity contribution in [2.45, 2.75) is 19.1 Å². The molecule has 1 aromatic heterocycles. The second-order valence-electron chi connectivity index (χ2n) is 4.56. The Labute approximate surface area is 122 Å². The van der Waals surface area contributed by atoms with Crippen LogP contribution in [0.3, 0.4) is 0 Å². The molecular weight excluding hydrogens is 276 g/mol. The quantitative estimate of drug-likeness (QED) is 0.805. The summed E-state index contributed by atoms with van der Waals surface area (Å²) in [6, 6.07) is 1.94. The van der Waals surface area contributed by atoms with Crippen LogP contribution in [0.25, 0.3) is 0 Å². The SMILES string of the molecule is Cc1cc(C(=O)N2CCSC(C)C2)sc1C#CCN. The molecule has 1 fully saturated rings. The van der Waals surface area contributed by atoms with Crippen LogP contribution in [0.5, 0.6) is 0 Å². The zero-order valence-electron chi connectivity index (χ0n) is 11.2. The highest BCUT2D eigenvalue weighted by molar-refractivity contribution is 7.99. The van der Waals surface area contributed by atoms with Gasteiger partial charge in [0.25, 0.3) is 5.91 Å². The third-order valence-corrected chi connectivity index (χ3v) is 5.24. The van der Waals surface area contributed by atoms with Gasteiger partial charge in [0.1, 0.15) is 0 Å². The third-order valence-electron chi connectivity index (χ3n) is 2.96. The monoisotopic (exact) mass is 294 g/mol. The number of thiophene rings is 1. The van der Waals surface area contributed by atoms with Gasteiger partial charge in [0.2, 0.25) is 0 Å². The summed E-state index contributed by atoms with van der Waals surface area (Å²) in [5.41, 5.74) is 6.44. The first-order chi connectivity index (χ1) is 9.11. The second kappa shape index (κ2) is 6.47. The Morgan fingerprint density at radius 1 is 1.63 bits per heavy atom. The van der Waals surface area contributed by atoms with E-state index < -0.39 is 0 Å². The van der Waals surface area contributed by atoms with E-state index in [-0.39, 0.29) is 5.91 Å². The number of nitrogens with zero attached hydrogens (tertiary/aromatic N) is 1. The molecule has 1 unspecified atom stereocenters. The van der Waals surface area contributed by atoms with Gasteiger partial charge in [-0.25, -0.2) is 0 Å². The molecule has 1 saturated heterocycles. The molecule has 0 aromatic carbocycles. The van der Waals surface area contributed by atoms with Crippen molar-refractivity contribution < 1.29 is 4.79 Å². The van der Waals surface area contributed by atoms with Crippen LogP contribution in [-0.2, 0) is 0 Å². The molecule has 1 aliphatic heterocycles. The highest BCUT2D eigenvalue weighted by Gasteiger charge is 2.23. The lowest BCUT2D eigenvalue weighted by Gasteiger charge is -2.30. The van der Waals surface area contributed by atoms with Crippen LogP contribution in [-0.4, -0.2) is 41.4 Å². The van der Waals surface area contributed by atoms with Crippen molar-refractivity contribution in [3.8, 4) is 11.8 Å². The van der Waals surface area contributed by atoms with E-state index in [9.17, 15) is 4.79 Å². The number of aryl methyl sites for hydroxylation is 1. The molecular formula is C14H18N2OS2. The molecule has 1 aromatic rings. The zero-order valence-corrected chi connectivity index (χ0v) is 12.9. The van der Waals surface area contributed by atoms with E-state index in [1.807, 2.05) is 29.7 Å². The Morgan fingerprint density at radius 3 is 3.11 bits per heavy atom. The maximum absolute atomic E-state index is 12.4. The van der Waals surface area contributed by atoms with Gasteiger partial charge >= 0.3 is 0 Å². The first-order valence-electron chi connectivity index (χ1n) is 6.32. The van der Waals surface area contributed by atoms with Crippen LogP contribution < -0.4 is 5.73 Å². The lowest BCUT2D eigenvalue weighted by atomic mass is 10.2. The highest BCUT2D eigenvalue weighted by Crippen LogP contribution is 2.25. The molecule has 2 heterocycles. The van der Waals surface area contributed by atoms with E-state index >= 15 is 0 Å². The van der Waals surface area contributed by atoms with Gasteiger partial charge in [-0.15, -0.1) is 11.3 Å². The van der Waals surface area contributed by atoms with Crippen molar-refractivity contribution in [2.24, 2.45) is 5.73 Å². The first kappa shape index (κ1) is 14.4. The molecule has 0 aliphatic carbocycles. The van der Waals surface area contributed by atoms with Gasteiger partial charge in [0.15, 0.2) is 0 Å². The van der Waals surface area contributed by atoms with Crippen LogP contribution in [0.15, 0.2) is 6.07 Å². The topological polar surface area (TPSA) is 46.3 Å². The van der Waals surface area contributed by atoms with E-state index in [4.69, 9.17) is 5.73 Å². The molecule has 0 spiro atoms. The summed E-state index contributed by atoms with van der Waals surface area (Å²) >= 11 is 3.40. The summed E-state index contributed by atoms with van der Waals surface area (Å²) in [5.74, 6) is 7.04. The minimum Gasteiger partial charge on any atom is -0.336 e. The van der Waals surface area contributed by atoms with Gasteiger partial charge in [-0.2, -0.15) is 11.8 Å². The Balaban J connectivity index is 2.15. The number of hydrogen-bond donors (Lipinski definition) is 1. The minimum atomic E-state index is 0.140. The van der Waals surface area contributed by atoms with Crippen molar-refractivity contribution in [2.75, 3.05) is 25.4 Å². The molecule has 5 heteroatoms. The smallest absolute Gasteiger partial charge is 0.264 e. The van der Waals surface area contributed by atoms with Crippen LogP contribution in [0, 0.1) is 18.8 Å². The molecule has 2 N–H and O–H groups in total. The number of carbonyl (C=O) groups is 1. The molecule has 102 valence electrons. The second-order valence-corrected chi connectivity index (χ2v) is 7.16. The summed E-state index contributed by atoms with van der Waals surface area (Å²) in [6.07, 6.45) is 0. The van der Waals surface area contributed by atoms with Crippen molar-refractivity contribution >= 4 is 29.0 Å². The maximum Gasteiger partial charge on any atom is 0.264 e. The van der Waals surface area contributed by atoms with Crippen molar-refractivity contribution in [3.05, 3.63) is 21.4 Å². The van der Waals surface area contributed by atoms with E-state index in [1.165, 1.54) is 11.3 Å². The molecule has 3 nitrogen and oxygen atoms in total. The standard InChI is InChI=1S/C14H18N2OS2/c1-10-8-13(19-12(10)4-3-5-15)14(17)16-6-7-18-11(2)9-16/h8,11H,5-7,9,15H2,1-2H3. The van der Waals surface area contributed by atoms with Gasteiger partial charge in [-0.05, 0) is 18.6 Å². The summed E-state index contributed by atoms with van der Waals surface area (Å²) in [7, 11) is 0. The Kier molecular flexibility index (Phi) is 4.92. The lowest BCUT2D eigenvalue weighted by molar-refractivity contribution is 0.0768. The van der Waals surface area contributed by atoms with Crippen LogP contribution >= 0.6 is 23.1 Å².